The predicted molar refractivity (Wildman–Crippen MR) is 94.5 cm³/mol. The first kappa shape index (κ1) is 15.8. The molecule has 1 heterocycles. The largest absolute Gasteiger partial charge is 0.507 e. The highest BCUT2D eigenvalue weighted by molar-refractivity contribution is 5.98. The highest BCUT2D eigenvalue weighted by atomic mass is 16.6. The molecule has 0 aliphatic rings. The second-order valence-electron chi connectivity index (χ2n) is 5.67. The highest BCUT2D eigenvalue weighted by Gasteiger charge is 2.16. The van der Waals surface area contributed by atoms with E-state index in [0.717, 1.165) is 16.3 Å². The fourth-order valence-electron chi connectivity index (χ4n) is 2.61. The van der Waals surface area contributed by atoms with E-state index < -0.39 is 5.97 Å². The molecule has 1 N–H and O–H groups in total. The van der Waals surface area contributed by atoms with Crippen molar-refractivity contribution in [2.24, 2.45) is 0 Å². The lowest BCUT2D eigenvalue weighted by Gasteiger charge is -2.06. The molecule has 0 unspecified atom stereocenters. The van der Waals surface area contributed by atoms with Gasteiger partial charge in [0.2, 0.25) is 5.82 Å². The Morgan fingerprint density at radius 3 is 2.46 bits per heavy atom. The fourth-order valence-corrected chi connectivity index (χ4v) is 2.61. The summed E-state index contributed by atoms with van der Waals surface area (Å²) in [6.07, 6.45) is 0. The Balaban J connectivity index is 1.49. The van der Waals surface area contributed by atoms with E-state index in [4.69, 9.17) is 9.26 Å². The number of phenolic OH excluding ortho intramolecular Hbond substituents is 1. The number of hydrogen-bond donors (Lipinski definition) is 1. The molecular weight excluding hydrogens is 332 g/mol. The molecular formula is C20H14N2O4. The van der Waals surface area contributed by atoms with Crippen molar-refractivity contribution >= 4 is 16.7 Å². The SMILES string of the molecule is O=C(OCc1nc(-c2ccccc2)no1)c1cc2ccccc2cc1O. The smallest absolute Gasteiger partial charge is 0.342 e. The zero-order chi connectivity index (χ0) is 17.9. The van der Waals surface area contributed by atoms with Gasteiger partial charge < -0.3 is 14.4 Å². The molecule has 128 valence electrons. The molecule has 6 heteroatoms. The van der Waals surface area contributed by atoms with Crippen LogP contribution in [0.4, 0.5) is 0 Å². The Bertz CT molecular complexity index is 1070. The Morgan fingerprint density at radius 1 is 1.00 bits per heavy atom. The van der Waals surface area contributed by atoms with Gasteiger partial charge in [-0.2, -0.15) is 4.98 Å². The molecule has 0 radical (unpaired) electrons. The standard InChI is InChI=1S/C20H14N2O4/c23-17-11-15-9-5-4-8-14(15)10-16(17)20(24)25-12-18-21-19(22-26-18)13-6-2-1-3-7-13/h1-11,23H,12H2. The van der Waals surface area contributed by atoms with Gasteiger partial charge in [0, 0.05) is 5.56 Å². The molecule has 0 saturated heterocycles. The monoisotopic (exact) mass is 346 g/mol. The van der Waals surface area contributed by atoms with Gasteiger partial charge >= 0.3 is 5.97 Å². The van der Waals surface area contributed by atoms with Crippen molar-refractivity contribution in [3.8, 4) is 17.1 Å². The molecule has 0 bridgehead atoms. The van der Waals surface area contributed by atoms with Gasteiger partial charge in [-0.15, -0.1) is 0 Å². The van der Waals surface area contributed by atoms with E-state index in [2.05, 4.69) is 10.1 Å². The highest BCUT2D eigenvalue weighted by Crippen LogP contribution is 2.26. The molecule has 26 heavy (non-hydrogen) atoms. The molecule has 0 aliphatic heterocycles. The van der Waals surface area contributed by atoms with Crippen LogP contribution in [0.2, 0.25) is 0 Å². The lowest BCUT2D eigenvalue weighted by molar-refractivity contribution is 0.0427. The molecule has 6 nitrogen and oxygen atoms in total. The van der Waals surface area contributed by atoms with Crippen molar-refractivity contribution in [2.75, 3.05) is 0 Å². The van der Waals surface area contributed by atoms with Crippen LogP contribution in [0.3, 0.4) is 0 Å². The number of aromatic hydroxyl groups is 1. The molecule has 4 rings (SSSR count). The van der Waals surface area contributed by atoms with Crippen LogP contribution >= 0.6 is 0 Å². The first-order chi connectivity index (χ1) is 12.7. The summed E-state index contributed by atoms with van der Waals surface area (Å²) in [5.41, 5.74) is 0.896. The fraction of sp³-hybridized carbons (Fsp3) is 0.0500. The van der Waals surface area contributed by atoms with Gasteiger partial charge in [-0.25, -0.2) is 4.79 Å². The van der Waals surface area contributed by atoms with Gasteiger partial charge in [0.05, 0.1) is 0 Å². The van der Waals surface area contributed by atoms with Gasteiger partial charge in [-0.1, -0.05) is 59.8 Å². The average Bonchev–Trinajstić information content (AvgIpc) is 3.15. The first-order valence-corrected chi connectivity index (χ1v) is 7.97. The van der Waals surface area contributed by atoms with Crippen LogP contribution in [0.15, 0.2) is 71.3 Å². The summed E-state index contributed by atoms with van der Waals surface area (Å²) in [6, 6.07) is 19.9. The molecule has 0 saturated carbocycles. The maximum absolute atomic E-state index is 12.3. The Kier molecular flexibility index (Phi) is 4.07. The maximum atomic E-state index is 12.3. The van der Waals surface area contributed by atoms with E-state index in [1.807, 2.05) is 54.6 Å². The van der Waals surface area contributed by atoms with Crippen LogP contribution in [0, 0.1) is 0 Å². The molecule has 0 aliphatic carbocycles. The minimum atomic E-state index is -0.660. The lowest BCUT2D eigenvalue weighted by Crippen LogP contribution is -2.06. The number of aromatic nitrogens is 2. The molecule has 4 aromatic rings. The third-order valence-electron chi connectivity index (χ3n) is 3.91. The summed E-state index contributed by atoms with van der Waals surface area (Å²) in [6.45, 7) is -0.176. The molecule has 0 atom stereocenters. The predicted octanol–water partition coefficient (Wildman–Crippen LogP) is 3.95. The Morgan fingerprint density at radius 2 is 1.69 bits per heavy atom. The van der Waals surface area contributed by atoms with Crippen LogP contribution in [0.25, 0.3) is 22.2 Å². The normalized spacial score (nSPS) is 10.8. The van der Waals surface area contributed by atoms with Crippen molar-refractivity contribution in [1.29, 1.82) is 0 Å². The van der Waals surface area contributed by atoms with E-state index in [1.165, 1.54) is 6.07 Å². The van der Waals surface area contributed by atoms with Crippen molar-refractivity contribution in [2.45, 2.75) is 6.61 Å². The van der Waals surface area contributed by atoms with Crippen LogP contribution in [-0.4, -0.2) is 21.2 Å². The first-order valence-electron chi connectivity index (χ1n) is 7.97. The number of carbonyl (C=O) groups is 1. The minimum absolute atomic E-state index is 0.0894. The zero-order valence-corrected chi connectivity index (χ0v) is 13.6. The van der Waals surface area contributed by atoms with E-state index in [1.54, 1.807) is 6.07 Å². The molecule has 0 spiro atoms. The van der Waals surface area contributed by atoms with E-state index in [-0.39, 0.29) is 23.8 Å². The summed E-state index contributed by atoms with van der Waals surface area (Å²) in [5, 5.41) is 15.6. The maximum Gasteiger partial charge on any atom is 0.342 e. The van der Waals surface area contributed by atoms with Gasteiger partial charge in [0.1, 0.15) is 11.3 Å². The molecule has 1 aromatic heterocycles. The third-order valence-corrected chi connectivity index (χ3v) is 3.91. The van der Waals surface area contributed by atoms with Crippen molar-refractivity contribution in [3.63, 3.8) is 0 Å². The summed E-state index contributed by atoms with van der Waals surface area (Å²) in [7, 11) is 0. The van der Waals surface area contributed by atoms with Crippen LogP contribution < -0.4 is 0 Å². The number of benzene rings is 3. The van der Waals surface area contributed by atoms with E-state index in [0.29, 0.717) is 5.82 Å². The minimum Gasteiger partial charge on any atom is -0.507 e. The van der Waals surface area contributed by atoms with Gasteiger partial charge in [0.15, 0.2) is 6.61 Å². The molecule has 0 amide bonds. The topological polar surface area (TPSA) is 85.5 Å². The Labute approximate surface area is 148 Å². The van der Waals surface area contributed by atoms with Crippen LogP contribution in [-0.2, 0) is 11.3 Å². The molecule has 0 fully saturated rings. The number of carbonyl (C=O) groups excluding carboxylic acids is 1. The number of esters is 1. The third kappa shape index (κ3) is 3.12. The number of phenols is 1. The zero-order valence-electron chi connectivity index (χ0n) is 13.6. The van der Waals surface area contributed by atoms with Gasteiger partial charge in [-0.3, -0.25) is 0 Å². The van der Waals surface area contributed by atoms with Gasteiger partial charge in [-0.05, 0) is 22.9 Å². The number of ether oxygens (including phenoxy) is 1. The lowest BCUT2D eigenvalue weighted by atomic mass is 10.1. The average molecular weight is 346 g/mol. The van der Waals surface area contributed by atoms with Crippen molar-refractivity contribution in [1.82, 2.24) is 10.1 Å². The summed E-state index contributed by atoms with van der Waals surface area (Å²) < 4.78 is 10.3. The summed E-state index contributed by atoms with van der Waals surface area (Å²) in [4.78, 5) is 16.5. The number of hydrogen-bond acceptors (Lipinski definition) is 6. The Hall–Kier alpha value is -3.67. The van der Waals surface area contributed by atoms with Crippen molar-refractivity contribution < 1.29 is 19.2 Å². The number of rotatable bonds is 4. The second-order valence-corrected chi connectivity index (χ2v) is 5.67. The quantitative estimate of drug-likeness (QED) is 0.563. The van der Waals surface area contributed by atoms with E-state index >= 15 is 0 Å². The van der Waals surface area contributed by atoms with Crippen molar-refractivity contribution in [3.05, 3.63) is 78.2 Å². The summed E-state index contributed by atoms with van der Waals surface area (Å²) >= 11 is 0. The number of nitrogens with zero attached hydrogens (tertiary/aromatic N) is 2. The van der Waals surface area contributed by atoms with E-state index in [9.17, 15) is 9.90 Å². The summed E-state index contributed by atoms with van der Waals surface area (Å²) in [5.74, 6) is -0.195. The van der Waals surface area contributed by atoms with Crippen LogP contribution in [0.1, 0.15) is 16.2 Å². The number of fused-ring (bicyclic) bond motifs is 1. The van der Waals surface area contributed by atoms with Gasteiger partial charge in [0.25, 0.3) is 5.89 Å². The molecule has 3 aromatic carbocycles. The van der Waals surface area contributed by atoms with Crippen LogP contribution in [0.5, 0.6) is 5.75 Å². The second kappa shape index (κ2) is 6.68.